The minimum absolute atomic E-state index is 0.175. The molecular formula is C20H17N3O3. The van der Waals surface area contributed by atoms with Crippen LogP contribution in [0.5, 0.6) is 11.5 Å². The van der Waals surface area contributed by atoms with Crippen molar-refractivity contribution in [3.8, 4) is 11.5 Å². The first-order chi connectivity index (χ1) is 12.8. The first-order valence-corrected chi connectivity index (χ1v) is 8.26. The Hall–Kier alpha value is -3.41. The number of ether oxygens (including phenoxy) is 2. The second kappa shape index (κ2) is 7.23. The Morgan fingerprint density at radius 1 is 0.923 bits per heavy atom. The Balaban J connectivity index is 1.43. The van der Waals surface area contributed by atoms with Crippen molar-refractivity contribution in [3.63, 3.8) is 0 Å². The van der Waals surface area contributed by atoms with Crippen molar-refractivity contribution in [1.82, 2.24) is 15.1 Å². The van der Waals surface area contributed by atoms with Gasteiger partial charge in [-0.25, -0.2) is 0 Å². The molecule has 0 aliphatic rings. The summed E-state index contributed by atoms with van der Waals surface area (Å²) in [5.41, 5.74) is 1.82. The maximum Gasteiger partial charge on any atom is 0.264 e. The smallest absolute Gasteiger partial charge is 0.264 e. The van der Waals surface area contributed by atoms with Crippen LogP contribution in [0, 0.1) is 6.92 Å². The van der Waals surface area contributed by atoms with Crippen LogP contribution >= 0.6 is 0 Å². The molecule has 130 valence electrons. The zero-order chi connectivity index (χ0) is 17.8. The maximum atomic E-state index is 5.91. The summed E-state index contributed by atoms with van der Waals surface area (Å²) in [6.07, 6.45) is 1.75. The second-order valence-electron chi connectivity index (χ2n) is 5.78. The molecule has 0 aliphatic heterocycles. The van der Waals surface area contributed by atoms with Crippen LogP contribution in [0.25, 0.3) is 10.9 Å². The first kappa shape index (κ1) is 16.1. The lowest BCUT2D eigenvalue weighted by molar-refractivity contribution is 0.241. The van der Waals surface area contributed by atoms with Crippen molar-refractivity contribution in [2.75, 3.05) is 0 Å². The lowest BCUT2D eigenvalue weighted by Gasteiger charge is -2.09. The van der Waals surface area contributed by atoms with E-state index < -0.39 is 0 Å². The van der Waals surface area contributed by atoms with E-state index in [0.29, 0.717) is 11.7 Å². The van der Waals surface area contributed by atoms with Crippen LogP contribution in [0.3, 0.4) is 0 Å². The number of pyridine rings is 1. The molecule has 0 fully saturated rings. The van der Waals surface area contributed by atoms with Crippen LogP contribution < -0.4 is 9.47 Å². The molecule has 2 aromatic heterocycles. The van der Waals surface area contributed by atoms with Gasteiger partial charge in [-0.05, 0) is 30.7 Å². The monoisotopic (exact) mass is 347 g/mol. The van der Waals surface area contributed by atoms with Crippen LogP contribution in [0.1, 0.15) is 17.3 Å². The van der Waals surface area contributed by atoms with Gasteiger partial charge in [-0.3, -0.25) is 4.98 Å². The van der Waals surface area contributed by atoms with Crippen LogP contribution in [0.4, 0.5) is 0 Å². The van der Waals surface area contributed by atoms with E-state index in [0.717, 1.165) is 28.0 Å². The molecule has 0 atom stereocenters. The number of aromatic nitrogens is 3. The molecule has 0 unspecified atom stereocenters. The highest BCUT2D eigenvalue weighted by Crippen LogP contribution is 2.28. The fraction of sp³-hybridized carbons (Fsp3) is 0.150. The predicted molar refractivity (Wildman–Crippen MR) is 95.9 cm³/mol. The summed E-state index contributed by atoms with van der Waals surface area (Å²) in [6.45, 7) is 2.40. The topological polar surface area (TPSA) is 70.3 Å². The average molecular weight is 347 g/mol. The highest BCUT2D eigenvalue weighted by Gasteiger charge is 2.11. The third kappa shape index (κ3) is 3.49. The molecule has 0 N–H and O–H groups in total. The van der Waals surface area contributed by atoms with Crippen molar-refractivity contribution < 1.29 is 14.0 Å². The second-order valence-corrected chi connectivity index (χ2v) is 5.78. The third-order valence-corrected chi connectivity index (χ3v) is 3.89. The summed E-state index contributed by atoms with van der Waals surface area (Å²) < 4.78 is 16.8. The molecule has 2 aromatic carbocycles. The maximum absolute atomic E-state index is 5.91. The highest BCUT2D eigenvalue weighted by molar-refractivity contribution is 5.85. The molecule has 0 spiro atoms. The molecule has 6 heteroatoms. The molecule has 4 aromatic rings. The van der Waals surface area contributed by atoms with Gasteiger partial charge in [0.05, 0.1) is 0 Å². The van der Waals surface area contributed by atoms with Crippen LogP contribution in [0.2, 0.25) is 0 Å². The fourth-order valence-corrected chi connectivity index (χ4v) is 2.61. The van der Waals surface area contributed by atoms with Gasteiger partial charge in [0.25, 0.3) is 5.89 Å². The predicted octanol–water partition coefficient (Wildman–Crippen LogP) is 4.08. The molecule has 0 aliphatic carbocycles. The Labute approximate surface area is 150 Å². The quantitative estimate of drug-likeness (QED) is 0.523. The number of para-hydroxylation sites is 1. The number of fused-ring (bicyclic) bond motifs is 1. The standard InChI is InChI=1S/C20H17N3O3/c1-14-9-10-15-6-5-11-21-19(15)20(14)25-13-18-22-17(23-26-18)12-24-16-7-3-2-4-8-16/h2-11H,12-13H2,1H3. The normalized spacial score (nSPS) is 10.8. The molecule has 0 bridgehead atoms. The Kier molecular flexibility index (Phi) is 4.47. The van der Waals surface area contributed by atoms with E-state index in [2.05, 4.69) is 15.1 Å². The van der Waals surface area contributed by atoms with Crippen molar-refractivity contribution in [3.05, 3.63) is 78.1 Å². The van der Waals surface area contributed by atoms with Gasteiger partial charge in [-0.1, -0.05) is 41.6 Å². The Morgan fingerprint density at radius 3 is 2.69 bits per heavy atom. The van der Waals surface area contributed by atoms with Gasteiger partial charge in [-0.2, -0.15) is 4.98 Å². The van der Waals surface area contributed by atoms with Crippen LogP contribution in [-0.4, -0.2) is 15.1 Å². The van der Waals surface area contributed by atoms with Gasteiger partial charge in [0.1, 0.15) is 17.0 Å². The minimum Gasteiger partial charge on any atom is -0.485 e. The lowest BCUT2D eigenvalue weighted by Crippen LogP contribution is -2.00. The van der Waals surface area contributed by atoms with Crippen molar-refractivity contribution >= 4 is 10.9 Å². The van der Waals surface area contributed by atoms with Gasteiger partial charge in [-0.15, -0.1) is 0 Å². The number of hydrogen-bond donors (Lipinski definition) is 0. The van der Waals surface area contributed by atoms with Crippen molar-refractivity contribution in [2.24, 2.45) is 0 Å². The van der Waals surface area contributed by atoms with Gasteiger partial charge in [0.15, 0.2) is 13.2 Å². The Morgan fingerprint density at radius 2 is 1.81 bits per heavy atom. The minimum atomic E-state index is 0.175. The van der Waals surface area contributed by atoms with E-state index >= 15 is 0 Å². The molecule has 6 nitrogen and oxygen atoms in total. The summed E-state index contributed by atoms with van der Waals surface area (Å²) in [5, 5.41) is 4.95. The fourth-order valence-electron chi connectivity index (χ4n) is 2.61. The molecule has 0 radical (unpaired) electrons. The summed E-state index contributed by atoms with van der Waals surface area (Å²) >= 11 is 0. The molecule has 0 amide bonds. The van der Waals surface area contributed by atoms with E-state index in [1.807, 2.05) is 61.5 Å². The molecule has 2 heterocycles. The first-order valence-electron chi connectivity index (χ1n) is 8.26. The number of hydrogen-bond acceptors (Lipinski definition) is 6. The summed E-state index contributed by atoms with van der Waals surface area (Å²) in [5.74, 6) is 2.35. The van der Waals surface area contributed by atoms with Gasteiger partial charge in [0, 0.05) is 11.6 Å². The molecule has 0 saturated heterocycles. The van der Waals surface area contributed by atoms with E-state index in [9.17, 15) is 0 Å². The lowest BCUT2D eigenvalue weighted by atomic mass is 10.1. The molecular weight excluding hydrogens is 330 g/mol. The number of aryl methyl sites for hydroxylation is 1. The van der Waals surface area contributed by atoms with Crippen molar-refractivity contribution in [2.45, 2.75) is 20.1 Å². The SMILES string of the molecule is Cc1ccc2cccnc2c1OCc1nc(COc2ccccc2)no1. The molecule has 0 saturated carbocycles. The summed E-state index contributed by atoms with van der Waals surface area (Å²) in [4.78, 5) is 8.71. The van der Waals surface area contributed by atoms with Crippen molar-refractivity contribution in [1.29, 1.82) is 0 Å². The Bertz CT molecular complexity index is 1020. The highest BCUT2D eigenvalue weighted by atomic mass is 16.5. The third-order valence-electron chi connectivity index (χ3n) is 3.89. The summed E-state index contributed by atoms with van der Waals surface area (Å²) in [6, 6.07) is 17.4. The molecule has 26 heavy (non-hydrogen) atoms. The van der Waals surface area contributed by atoms with Crippen LogP contribution in [0.15, 0.2) is 65.3 Å². The number of benzene rings is 2. The molecule has 4 rings (SSSR count). The number of rotatable bonds is 6. The average Bonchev–Trinajstić information content (AvgIpc) is 3.14. The van der Waals surface area contributed by atoms with Gasteiger partial charge >= 0.3 is 0 Å². The van der Waals surface area contributed by atoms with Crippen LogP contribution in [-0.2, 0) is 13.2 Å². The van der Waals surface area contributed by atoms with E-state index in [1.165, 1.54) is 0 Å². The van der Waals surface area contributed by atoms with Gasteiger partial charge < -0.3 is 14.0 Å². The summed E-state index contributed by atoms with van der Waals surface area (Å²) in [7, 11) is 0. The number of nitrogens with zero attached hydrogens (tertiary/aromatic N) is 3. The largest absolute Gasteiger partial charge is 0.485 e. The zero-order valence-electron chi connectivity index (χ0n) is 14.3. The van der Waals surface area contributed by atoms with Gasteiger partial charge in [0.2, 0.25) is 5.82 Å². The zero-order valence-corrected chi connectivity index (χ0v) is 14.3. The van der Waals surface area contributed by atoms with E-state index in [-0.39, 0.29) is 13.2 Å². The van der Waals surface area contributed by atoms with E-state index in [4.69, 9.17) is 14.0 Å². The van der Waals surface area contributed by atoms with E-state index in [1.54, 1.807) is 6.20 Å².